The van der Waals surface area contributed by atoms with Crippen LogP contribution in [0.3, 0.4) is 0 Å². The van der Waals surface area contributed by atoms with Crippen molar-refractivity contribution in [3.8, 4) is 0 Å². The highest BCUT2D eigenvalue weighted by atomic mass is 16.5. The van der Waals surface area contributed by atoms with Gasteiger partial charge in [-0.25, -0.2) is 0 Å². The zero-order valence-electron chi connectivity index (χ0n) is 21.3. The Labute approximate surface area is 207 Å². The maximum Gasteiger partial charge on any atom is 0.0962 e. The molecule has 3 atom stereocenters. The Morgan fingerprint density at radius 3 is 2.66 bits per heavy atom. The largest absolute Gasteiger partial charge is 0.501 e. The van der Waals surface area contributed by atoms with Crippen molar-refractivity contribution in [1.82, 2.24) is 0 Å². The number of fused-ring (bicyclic) bond motifs is 2. The van der Waals surface area contributed by atoms with Crippen molar-refractivity contribution >= 4 is 21.9 Å². The van der Waals surface area contributed by atoms with Gasteiger partial charge in [-0.15, -0.1) is 0 Å². The van der Waals surface area contributed by atoms with Gasteiger partial charge in [0.2, 0.25) is 0 Å². The molecule has 0 saturated carbocycles. The number of nitrogens with zero attached hydrogens (tertiary/aromatic N) is 1. The van der Waals surface area contributed by atoms with E-state index in [0.717, 1.165) is 17.5 Å². The fourth-order valence-corrected chi connectivity index (χ4v) is 6.95. The quantitative estimate of drug-likeness (QED) is 0.519. The van der Waals surface area contributed by atoms with Crippen molar-refractivity contribution < 1.29 is 9.84 Å². The third-order valence-corrected chi connectivity index (χ3v) is 8.88. The van der Waals surface area contributed by atoms with Gasteiger partial charge in [-0.05, 0) is 57.9 Å². The van der Waals surface area contributed by atoms with E-state index >= 15 is 0 Å². The van der Waals surface area contributed by atoms with Gasteiger partial charge in [-0.1, -0.05) is 81.5 Å². The lowest BCUT2D eigenvalue weighted by molar-refractivity contribution is 0.154. The second-order valence-electron chi connectivity index (χ2n) is 11.0. The van der Waals surface area contributed by atoms with E-state index < -0.39 is 0 Å². The molecule has 0 amide bonds. The predicted molar refractivity (Wildman–Crippen MR) is 143 cm³/mol. The number of hydrogen-bond donors (Lipinski definition) is 1. The van der Waals surface area contributed by atoms with Crippen molar-refractivity contribution in [2.24, 2.45) is 16.8 Å². The maximum atomic E-state index is 10.8. The molecule has 1 N–H and O–H groups in total. The number of ether oxygens (including phenoxy) is 1. The second-order valence-corrected chi connectivity index (χ2v) is 11.0. The lowest BCUT2D eigenvalue weighted by atomic mass is 9.63. The van der Waals surface area contributed by atoms with Crippen molar-refractivity contribution in [3.63, 3.8) is 0 Å². The van der Waals surface area contributed by atoms with Crippen LogP contribution in [0.4, 0.5) is 0 Å². The third kappa shape index (κ3) is 2.91. The molecule has 6 rings (SSSR count). The highest BCUT2D eigenvalue weighted by molar-refractivity contribution is 6.03. The van der Waals surface area contributed by atoms with Crippen LogP contribution in [-0.2, 0) is 10.2 Å². The molecule has 3 aromatic carbocycles. The number of aliphatic hydroxyl groups is 1. The van der Waals surface area contributed by atoms with E-state index in [2.05, 4.69) is 82.8 Å². The molecule has 3 unspecified atom stereocenters. The molecule has 0 spiro atoms. The van der Waals surface area contributed by atoms with E-state index in [1.165, 1.54) is 49.4 Å². The molecule has 2 aliphatic carbocycles. The Kier molecular flexibility index (Phi) is 4.88. The van der Waals surface area contributed by atoms with Gasteiger partial charge in [0.05, 0.1) is 23.9 Å². The van der Waals surface area contributed by atoms with Crippen LogP contribution < -0.4 is 10.6 Å². The molecule has 3 aliphatic rings. The summed E-state index contributed by atoms with van der Waals surface area (Å²) in [7, 11) is 1.69. The van der Waals surface area contributed by atoms with Crippen molar-refractivity contribution in [2.45, 2.75) is 45.4 Å². The summed E-state index contributed by atoms with van der Waals surface area (Å²) < 4.78 is 5.81. The smallest absolute Gasteiger partial charge is 0.0962 e. The molecule has 3 aromatic rings. The summed E-state index contributed by atoms with van der Waals surface area (Å²) in [5, 5.41) is 15.6. The molecular formula is C32H33NO2. The summed E-state index contributed by atoms with van der Waals surface area (Å²) >= 11 is 0. The standard InChI is InChI=1S/C32H33NO2/c1-17-9-7-11-21-23-15-24-29-22(27(19(3)35-6)25(16-34)18(23)2)14-13-20-10-8-12-26(28(20)29)32(4,5)31(24)33-30(17)21/h7-14,18,25,27,34H,3,15-16H2,1-2,4-6H3. The number of methoxy groups -OCH3 is 1. The Bertz CT molecular complexity index is 1570. The highest BCUT2D eigenvalue weighted by Gasteiger charge is 2.43. The van der Waals surface area contributed by atoms with E-state index in [1.54, 1.807) is 7.11 Å². The summed E-state index contributed by atoms with van der Waals surface area (Å²) in [6.45, 7) is 13.4. The second kappa shape index (κ2) is 7.66. The van der Waals surface area contributed by atoms with Crippen LogP contribution in [0.5, 0.6) is 0 Å². The Balaban J connectivity index is 1.88. The fourth-order valence-electron chi connectivity index (χ4n) is 6.95. The van der Waals surface area contributed by atoms with Crippen molar-refractivity contribution in [1.29, 1.82) is 0 Å². The zero-order valence-corrected chi connectivity index (χ0v) is 21.3. The lowest BCUT2D eigenvalue weighted by Crippen LogP contribution is -2.35. The summed E-state index contributed by atoms with van der Waals surface area (Å²) in [4.78, 5) is 5.48. The minimum absolute atomic E-state index is 0.0512. The van der Waals surface area contributed by atoms with E-state index in [4.69, 9.17) is 9.73 Å². The van der Waals surface area contributed by atoms with Gasteiger partial charge in [-0.3, -0.25) is 4.99 Å². The van der Waals surface area contributed by atoms with Crippen LogP contribution in [0.1, 0.15) is 55.4 Å². The van der Waals surface area contributed by atoms with Gasteiger partial charge in [-0.2, -0.15) is 0 Å². The summed E-state index contributed by atoms with van der Waals surface area (Å²) in [5.74, 6) is 0.663. The average molecular weight is 464 g/mol. The average Bonchev–Trinajstić information content (AvgIpc) is 3.03. The minimum Gasteiger partial charge on any atom is -0.501 e. The number of rotatable bonds is 3. The van der Waals surface area contributed by atoms with Crippen LogP contribution in [0, 0.1) is 18.8 Å². The first-order valence-electron chi connectivity index (χ1n) is 12.6. The SMILES string of the molecule is C=C(OC)C1c2ccc3cccc4c3c2C2=C(N=c3c(C)cccc3=C(C2)C(C)C1CO)C4(C)C. The molecular weight excluding hydrogens is 430 g/mol. The normalized spacial score (nSPS) is 23.8. The predicted octanol–water partition coefficient (Wildman–Crippen LogP) is 5.53. The zero-order chi connectivity index (χ0) is 24.6. The Hall–Kier alpha value is -3.17. The van der Waals surface area contributed by atoms with Crippen LogP contribution >= 0.6 is 0 Å². The van der Waals surface area contributed by atoms with E-state index in [0.29, 0.717) is 5.76 Å². The van der Waals surface area contributed by atoms with Crippen LogP contribution in [0.25, 0.3) is 21.9 Å². The summed E-state index contributed by atoms with van der Waals surface area (Å²) in [6.07, 6.45) is 0.836. The van der Waals surface area contributed by atoms with E-state index in [1.807, 2.05) is 0 Å². The Morgan fingerprint density at radius 1 is 1.14 bits per heavy atom. The highest BCUT2D eigenvalue weighted by Crippen LogP contribution is 2.55. The van der Waals surface area contributed by atoms with Gasteiger partial charge in [0, 0.05) is 29.1 Å². The van der Waals surface area contributed by atoms with Crippen molar-refractivity contribution in [2.75, 3.05) is 13.7 Å². The van der Waals surface area contributed by atoms with Crippen LogP contribution in [0.2, 0.25) is 0 Å². The van der Waals surface area contributed by atoms with Crippen molar-refractivity contribution in [3.05, 3.63) is 99.4 Å². The molecule has 0 aromatic heterocycles. The number of aryl methyl sites for hydroxylation is 1. The molecule has 3 nitrogen and oxygen atoms in total. The maximum absolute atomic E-state index is 10.8. The molecule has 0 fully saturated rings. The first-order valence-corrected chi connectivity index (χ1v) is 12.6. The van der Waals surface area contributed by atoms with Gasteiger partial charge in [0.15, 0.2) is 0 Å². The molecule has 1 aliphatic heterocycles. The number of para-hydroxylation sites is 1. The molecule has 1 heterocycles. The van der Waals surface area contributed by atoms with Gasteiger partial charge < -0.3 is 9.84 Å². The summed E-state index contributed by atoms with van der Waals surface area (Å²) in [6, 6.07) is 17.6. The third-order valence-electron chi connectivity index (χ3n) is 8.88. The van der Waals surface area contributed by atoms with E-state index in [9.17, 15) is 5.11 Å². The molecule has 3 heteroatoms. The molecule has 35 heavy (non-hydrogen) atoms. The Morgan fingerprint density at radius 2 is 1.91 bits per heavy atom. The van der Waals surface area contributed by atoms with Crippen LogP contribution in [0.15, 0.2) is 71.6 Å². The van der Waals surface area contributed by atoms with Gasteiger partial charge in [0.25, 0.3) is 0 Å². The first kappa shape index (κ1) is 22.3. The first-order chi connectivity index (χ1) is 16.8. The monoisotopic (exact) mass is 463 g/mol. The number of allylic oxidation sites excluding steroid dienone is 3. The van der Waals surface area contributed by atoms with Gasteiger partial charge in [0.1, 0.15) is 0 Å². The molecule has 0 radical (unpaired) electrons. The number of hydrogen-bond acceptors (Lipinski definition) is 3. The topological polar surface area (TPSA) is 41.8 Å². The number of benzene rings is 3. The molecule has 178 valence electrons. The fraction of sp³-hybridized carbons (Fsp3) is 0.344. The molecule has 0 saturated heterocycles. The summed E-state index contributed by atoms with van der Waals surface area (Å²) in [5.41, 5.74) is 8.56. The van der Waals surface area contributed by atoms with E-state index in [-0.39, 0.29) is 29.8 Å². The molecule has 2 bridgehead atoms. The minimum atomic E-state index is -0.234. The lowest BCUT2D eigenvalue weighted by Gasteiger charge is -2.41. The number of aliphatic hydroxyl groups excluding tert-OH is 1. The van der Waals surface area contributed by atoms with Gasteiger partial charge >= 0.3 is 0 Å². The van der Waals surface area contributed by atoms with Crippen LogP contribution in [-0.4, -0.2) is 18.8 Å².